The molecule has 1 aliphatic heterocycles. The minimum absolute atomic E-state index is 0.117. The van der Waals surface area contributed by atoms with E-state index in [-0.39, 0.29) is 11.8 Å². The summed E-state index contributed by atoms with van der Waals surface area (Å²) < 4.78 is 0. The molecule has 3 rings (SSSR count). The van der Waals surface area contributed by atoms with Gasteiger partial charge in [0.15, 0.2) is 0 Å². The average molecular weight is 423 g/mol. The van der Waals surface area contributed by atoms with Crippen molar-refractivity contribution in [1.82, 2.24) is 5.32 Å². The monoisotopic (exact) mass is 422 g/mol. The van der Waals surface area contributed by atoms with Crippen LogP contribution in [0.25, 0.3) is 0 Å². The summed E-state index contributed by atoms with van der Waals surface area (Å²) in [6.45, 7) is 1.28. The summed E-state index contributed by atoms with van der Waals surface area (Å²) in [6, 6.07) is 12.8. The zero-order valence-corrected chi connectivity index (χ0v) is 17.0. The van der Waals surface area contributed by atoms with Crippen LogP contribution in [0.5, 0.6) is 0 Å². The Balaban J connectivity index is 1.45. The number of anilines is 1. The highest BCUT2D eigenvalue weighted by molar-refractivity contribution is 7.98. The third-order valence-corrected chi connectivity index (χ3v) is 6.05. The second-order valence-corrected chi connectivity index (χ2v) is 8.18. The van der Waals surface area contributed by atoms with Crippen molar-refractivity contribution in [2.75, 3.05) is 23.7 Å². The van der Waals surface area contributed by atoms with Gasteiger partial charge in [0.05, 0.1) is 10.0 Å². The van der Waals surface area contributed by atoms with E-state index in [1.807, 2.05) is 24.3 Å². The summed E-state index contributed by atoms with van der Waals surface area (Å²) in [5.41, 5.74) is 2.46. The number of benzene rings is 2. The summed E-state index contributed by atoms with van der Waals surface area (Å²) in [5.74, 6) is 1.58. The van der Waals surface area contributed by atoms with Crippen molar-refractivity contribution in [3.05, 3.63) is 63.6 Å². The van der Waals surface area contributed by atoms with Crippen molar-refractivity contribution in [2.24, 2.45) is 0 Å². The molecule has 0 radical (unpaired) electrons. The molecule has 1 heterocycles. The molecule has 2 aromatic carbocycles. The van der Waals surface area contributed by atoms with Crippen LogP contribution < -0.4 is 10.2 Å². The molecule has 0 spiro atoms. The number of halogens is 2. The van der Waals surface area contributed by atoms with E-state index in [1.165, 1.54) is 0 Å². The van der Waals surface area contributed by atoms with E-state index < -0.39 is 0 Å². The highest BCUT2D eigenvalue weighted by Gasteiger charge is 2.22. The smallest absolute Gasteiger partial charge is 0.251 e. The molecular weight excluding hydrogens is 403 g/mol. The van der Waals surface area contributed by atoms with E-state index >= 15 is 0 Å². The molecular formula is C20H20Cl2N2O2S. The molecule has 0 aromatic heterocycles. The minimum Gasteiger partial charge on any atom is -0.351 e. The molecule has 2 amide bonds. The highest BCUT2D eigenvalue weighted by Crippen LogP contribution is 2.25. The van der Waals surface area contributed by atoms with E-state index in [4.69, 9.17) is 23.2 Å². The van der Waals surface area contributed by atoms with Gasteiger partial charge in [0, 0.05) is 42.3 Å². The molecule has 142 valence electrons. The SMILES string of the molecule is O=C(NCCSCc1ccc(Cl)c(Cl)c1)c1cccc(N2CCCC2=O)c1. The molecule has 4 nitrogen and oxygen atoms in total. The Labute approximate surface area is 173 Å². The first-order valence-corrected chi connectivity index (χ1v) is 10.7. The molecule has 0 aliphatic carbocycles. The molecule has 1 N–H and O–H groups in total. The molecule has 2 aromatic rings. The Morgan fingerprint density at radius 3 is 2.74 bits per heavy atom. The largest absolute Gasteiger partial charge is 0.351 e. The topological polar surface area (TPSA) is 49.4 Å². The van der Waals surface area contributed by atoms with Gasteiger partial charge in [-0.05, 0) is 42.3 Å². The van der Waals surface area contributed by atoms with Crippen molar-refractivity contribution >= 4 is 52.5 Å². The predicted octanol–water partition coefficient (Wildman–Crippen LogP) is 4.78. The fourth-order valence-electron chi connectivity index (χ4n) is 2.89. The van der Waals surface area contributed by atoms with E-state index in [0.717, 1.165) is 35.7 Å². The molecule has 1 aliphatic rings. The van der Waals surface area contributed by atoms with Crippen LogP contribution in [0.1, 0.15) is 28.8 Å². The van der Waals surface area contributed by atoms with Crippen molar-refractivity contribution in [3.63, 3.8) is 0 Å². The second kappa shape index (κ2) is 9.49. The summed E-state index contributed by atoms with van der Waals surface area (Å²) >= 11 is 13.6. The predicted molar refractivity (Wildman–Crippen MR) is 113 cm³/mol. The maximum Gasteiger partial charge on any atom is 0.251 e. The third kappa shape index (κ3) is 5.41. The summed E-state index contributed by atoms with van der Waals surface area (Å²) in [4.78, 5) is 26.0. The Kier molecular flexibility index (Phi) is 7.05. The molecule has 27 heavy (non-hydrogen) atoms. The minimum atomic E-state index is -0.126. The van der Waals surface area contributed by atoms with Crippen LogP contribution in [0.2, 0.25) is 10.0 Å². The van der Waals surface area contributed by atoms with Gasteiger partial charge in [0.25, 0.3) is 5.91 Å². The zero-order chi connectivity index (χ0) is 19.2. The lowest BCUT2D eigenvalue weighted by atomic mass is 10.1. The zero-order valence-electron chi connectivity index (χ0n) is 14.7. The quantitative estimate of drug-likeness (QED) is 0.652. The maximum absolute atomic E-state index is 12.4. The van der Waals surface area contributed by atoms with Gasteiger partial charge >= 0.3 is 0 Å². The number of rotatable bonds is 7. The number of nitrogens with one attached hydrogen (secondary N) is 1. The standard InChI is InChI=1S/C20H20Cl2N2O2S/c21-17-7-6-14(11-18(17)22)13-27-10-8-23-20(26)15-3-1-4-16(12-15)24-9-2-5-19(24)25/h1,3-4,6-7,11-12H,2,5,8-10,13H2,(H,23,26). The first-order chi connectivity index (χ1) is 13.0. The van der Waals surface area contributed by atoms with Crippen LogP contribution >= 0.6 is 35.0 Å². The van der Waals surface area contributed by atoms with Crippen LogP contribution in [0.3, 0.4) is 0 Å². The van der Waals surface area contributed by atoms with Gasteiger partial charge in [-0.25, -0.2) is 0 Å². The second-order valence-electron chi connectivity index (χ2n) is 6.26. The van der Waals surface area contributed by atoms with Crippen LogP contribution in [-0.4, -0.2) is 30.7 Å². The first kappa shape index (κ1) is 20.1. The fraction of sp³-hybridized carbons (Fsp3) is 0.300. The van der Waals surface area contributed by atoms with E-state index in [2.05, 4.69) is 5.32 Å². The third-order valence-electron chi connectivity index (χ3n) is 4.28. The number of carbonyl (C=O) groups excluding carboxylic acids is 2. The van der Waals surface area contributed by atoms with E-state index in [0.29, 0.717) is 28.6 Å². The van der Waals surface area contributed by atoms with Crippen LogP contribution in [-0.2, 0) is 10.5 Å². The van der Waals surface area contributed by atoms with E-state index in [9.17, 15) is 9.59 Å². The lowest BCUT2D eigenvalue weighted by Crippen LogP contribution is -2.27. The van der Waals surface area contributed by atoms with Crippen molar-refractivity contribution in [1.29, 1.82) is 0 Å². The van der Waals surface area contributed by atoms with Gasteiger partial charge in [0.2, 0.25) is 5.91 Å². The fourth-order valence-corrected chi connectivity index (χ4v) is 4.02. The molecule has 0 bridgehead atoms. The van der Waals surface area contributed by atoms with Crippen molar-refractivity contribution in [3.8, 4) is 0 Å². The van der Waals surface area contributed by atoms with Gasteiger partial charge in [-0.15, -0.1) is 0 Å². The molecule has 0 saturated carbocycles. The van der Waals surface area contributed by atoms with Crippen molar-refractivity contribution in [2.45, 2.75) is 18.6 Å². The molecule has 0 atom stereocenters. The Morgan fingerprint density at radius 1 is 1.15 bits per heavy atom. The first-order valence-electron chi connectivity index (χ1n) is 8.75. The highest BCUT2D eigenvalue weighted by atomic mass is 35.5. The lowest BCUT2D eigenvalue weighted by molar-refractivity contribution is -0.117. The molecule has 1 saturated heterocycles. The normalized spacial score (nSPS) is 13.9. The number of thioether (sulfide) groups is 1. The number of carbonyl (C=O) groups is 2. The van der Waals surface area contributed by atoms with Gasteiger partial charge in [-0.2, -0.15) is 11.8 Å². The van der Waals surface area contributed by atoms with Crippen LogP contribution in [0, 0.1) is 0 Å². The van der Waals surface area contributed by atoms with E-state index in [1.54, 1.807) is 34.9 Å². The van der Waals surface area contributed by atoms with Crippen molar-refractivity contribution < 1.29 is 9.59 Å². The maximum atomic E-state index is 12.4. The number of nitrogens with zero attached hydrogens (tertiary/aromatic N) is 1. The Bertz CT molecular complexity index is 844. The molecule has 7 heteroatoms. The van der Waals surface area contributed by atoms with Crippen LogP contribution in [0.4, 0.5) is 5.69 Å². The van der Waals surface area contributed by atoms with Crippen LogP contribution in [0.15, 0.2) is 42.5 Å². The van der Waals surface area contributed by atoms with Gasteiger partial charge < -0.3 is 10.2 Å². The lowest BCUT2D eigenvalue weighted by Gasteiger charge is -2.16. The summed E-state index contributed by atoms with van der Waals surface area (Å²) in [6.07, 6.45) is 1.44. The van der Waals surface area contributed by atoms with Gasteiger partial charge in [-0.3, -0.25) is 9.59 Å². The Morgan fingerprint density at radius 2 is 2.00 bits per heavy atom. The van der Waals surface area contributed by atoms with Gasteiger partial charge in [-0.1, -0.05) is 35.3 Å². The summed E-state index contributed by atoms with van der Waals surface area (Å²) in [7, 11) is 0. The average Bonchev–Trinajstić information content (AvgIpc) is 3.10. The molecule has 0 unspecified atom stereocenters. The van der Waals surface area contributed by atoms with Gasteiger partial charge in [0.1, 0.15) is 0 Å². The number of amides is 2. The number of hydrogen-bond acceptors (Lipinski definition) is 3. The summed E-state index contributed by atoms with van der Waals surface area (Å²) in [5, 5.41) is 4.03. The number of hydrogen-bond donors (Lipinski definition) is 1. The molecule has 1 fully saturated rings. The Hall–Kier alpha value is -1.69.